The molecule has 0 saturated carbocycles. The van der Waals surface area contributed by atoms with Crippen molar-refractivity contribution in [2.45, 2.75) is 58.2 Å². The molecule has 0 amide bonds. The second kappa shape index (κ2) is 6.67. The van der Waals surface area contributed by atoms with E-state index in [-0.39, 0.29) is 0 Å². The third-order valence-electron chi connectivity index (χ3n) is 2.55. The van der Waals surface area contributed by atoms with Gasteiger partial charge in [-0.1, -0.05) is 40.0 Å². The quantitative estimate of drug-likeness (QED) is 0.552. The summed E-state index contributed by atoms with van der Waals surface area (Å²) in [7, 11) is 0.654. The van der Waals surface area contributed by atoms with E-state index in [9.17, 15) is 0 Å². The zero-order valence-corrected chi connectivity index (χ0v) is 10.2. The van der Waals surface area contributed by atoms with E-state index in [0.717, 1.165) is 0 Å². The summed E-state index contributed by atoms with van der Waals surface area (Å²) in [6.45, 7) is 6.81. The Kier molecular flexibility index (Phi) is 6.77. The summed E-state index contributed by atoms with van der Waals surface area (Å²) in [4.78, 5) is 0. The van der Waals surface area contributed by atoms with Gasteiger partial charge in [-0.15, -0.1) is 0 Å². The highest BCUT2D eigenvalue weighted by Crippen LogP contribution is 2.26. The van der Waals surface area contributed by atoms with Crippen molar-refractivity contribution in [2.24, 2.45) is 0 Å². The smallest absolute Gasteiger partial charge is 0.192 e. The average Bonchev–Trinajstić information content (AvgIpc) is 2.06. The standard InChI is InChI=1S/C10H24OSi/c1-5-8-12(11-4,9-6-2)10-7-3/h5-10H2,1-4H3. The predicted molar refractivity (Wildman–Crippen MR) is 58.1 cm³/mol. The summed E-state index contributed by atoms with van der Waals surface area (Å²) in [5.74, 6) is 0. The van der Waals surface area contributed by atoms with E-state index in [1.54, 1.807) is 0 Å². The minimum atomic E-state index is -1.27. The molecule has 0 fully saturated rings. The minimum Gasteiger partial charge on any atom is -0.420 e. The van der Waals surface area contributed by atoms with Crippen LogP contribution in [0.2, 0.25) is 18.1 Å². The molecule has 0 heterocycles. The number of rotatable bonds is 7. The Morgan fingerprint density at radius 2 is 1.17 bits per heavy atom. The molecular weight excluding hydrogens is 164 g/mol. The van der Waals surface area contributed by atoms with Crippen LogP contribution in [-0.2, 0) is 4.43 Å². The Bertz CT molecular complexity index is 87.0. The van der Waals surface area contributed by atoms with Gasteiger partial charge in [-0.05, 0) is 18.1 Å². The summed E-state index contributed by atoms with van der Waals surface area (Å²) in [6, 6.07) is 4.06. The van der Waals surface area contributed by atoms with Crippen LogP contribution in [0.15, 0.2) is 0 Å². The van der Waals surface area contributed by atoms with Gasteiger partial charge in [0.05, 0.1) is 0 Å². The van der Waals surface area contributed by atoms with Gasteiger partial charge < -0.3 is 4.43 Å². The van der Waals surface area contributed by atoms with Gasteiger partial charge in [-0.2, -0.15) is 0 Å². The summed E-state index contributed by atoms with van der Waals surface area (Å²) >= 11 is 0. The topological polar surface area (TPSA) is 9.23 Å². The Balaban J connectivity index is 4.06. The molecule has 74 valence electrons. The van der Waals surface area contributed by atoms with Crippen molar-refractivity contribution in [1.82, 2.24) is 0 Å². The second-order valence-electron chi connectivity index (χ2n) is 3.64. The molecule has 0 aromatic heterocycles. The molecule has 0 aliphatic carbocycles. The largest absolute Gasteiger partial charge is 0.420 e. The first-order valence-corrected chi connectivity index (χ1v) is 7.82. The van der Waals surface area contributed by atoms with Gasteiger partial charge in [0.25, 0.3) is 0 Å². The normalized spacial score (nSPS) is 12.0. The van der Waals surface area contributed by atoms with Gasteiger partial charge in [0.1, 0.15) is 0 Å². The van der Waals surface area contributed by atoms with Gasteiger partial charge >= 0.3 is 0 Å². The Morgan fingerprint density at radius 3 is 1.33 bits per heavy atom. The maximum absolute atomic E-state index is 5.80. The first-order chi connectivity index (χ1) is 5.74. The van der Waals surface area contributed by atoms with Crippen LogP contribution in [0.4, 0.5) is 0 Å². The third-order valence-corrected chi connectivity index (χ3v) is 7.65. The fourth-order valence-electron chi connectivity index (χ4n) is 2.05. The second-order valence-corrected chi connectivity index (χ2v) is 7.91. The van der Waals surface area contributed by atoms with Crippen LogP contribution >= 0.6 is 0 Å². The minimum absolute atomic E-state index is 1.27. The van der Waals surface area contributed by atoms with Crippen LogP contribution in [0, 0.1) is 0 Å². The Labute approximate surface area is 78.6 Å². The van der Waals surface area contributed by atoms with Crippen molar-refractivity contribution < 1.29 is 4.43 Å². The van der Waals surface area contributed by atoms with Gasteiger partial charge in [0.2, 0.25) is 0 Å². The van der Waals surface area contributed by atoms with E-state index in [1.165, 1.54) is 37.4 Å². The molecule has 0 unspecified atom stereocenters. The van der Waals surface area contributed by atoms with E-state index in [0.29, 0.717) is 0 Å². The first kappa shape index (κ1) is 12.2. The van der Waals surface area contributed by atoms with Gasteiger partial charge in [-0.3, -0.25) is 0 Å². The predicted octanol–water partition coefficient (Wildman–Crippen LogP) is 3.81. The molecule has 0 aromatic rings. The Morgan fingerprint density at radius 1 is 0.833 bits per heavy atom. The molecule has 1 nitrogen and oxygen atoms in total. The highest BCUT2D eigenvalue weighted by atomic mass is 28.4. The molecule has 0 aliphatic rings. The van der Waals surface area contributed by atoms with E-state index < -0.39 is 8.32 Å². The lowest BCUT2D eigenvalue weighted by Gasteiger charge is -2.28. The summed E-state index contributed by atoms with van der Waals surface area (Å²) in [5, 5.41) is 0. The summed E-state index contributed by atoms with van der Waals surface area (Å²) in [6.07, 6.45) is 3.88. The molecular formula is C10H24OSi. The highest BCUT2D eigenvalue weighted by Gasteiger charge is 2.30. The summed E-state index contributed by atoms with van der Waals surface area (Å²) < 4.78 is 5.80. The molecule has 0 aromatic carbocycles. The molecule has 0 spiro atoms. The first-order valence-electron chi connectivity index (χ1n) is 5.29. The molecule has 0 saturated heterocycles. The van der Waals surface area contributed by atoms with Crippen molar-refractivity contribution in [2.75, 3.05) is 7.11 Å². The van der Waals surface area contributed by atoms with Crippen LogP contribution in [0.3, 0.4) is 0 Å². The molecule has 0 atom stereocenters. The van der Waals surface area contributed by atoms with Crippen LogP contribution in [0.1, 0.15) is 40.0 Å². The lowest BCUT2D eigenvalue weighted by molar-refractivity contribution is 0.386. The molecule has 0 radical (unpaired) electrons. The van der Waals surface area contributed by atoms with Crippen molar-refractivity contribution >= 4 is 8.32 Å². The average molecular weight is 188 g/mol. The fourth-order valence-corrected chi connectivity index (χ4v) is 6.14. The van der Waals surface area contributed by atoms with E-state index in [1.807, 2.05) is 7.11 Å². The molecule has 0 bridgehead atoms. The molecule has 0 rings (SSSR count). The van der Waals surface area contributed by atoms with Crippen molar-refractivity contribution in [3.63, 3.8) is 0 Å². The fraction of sp³-hybridized carbons (Fsp3) is 1.00. The van der Waals surface area contributed by atoms with E-state index in [2.05, 4.69) is 20.8 Å². The third kappa shape index (κ3) is 3.72. The van der Waals surface area contributed by atoms with Crippen LogP contribution in [0.25, 0.3) is 0 Å². The molecule has 0 aliphatic heterocycles. The van der Waals surface area contributed by atoms with E-state index in [4.69, 9.17) is 4.43 Å². The van der Waals surface area contributed by atoms with Crippen LogP contribution in [-0.4, -0.2) is 15.4 Å². The highest BCUT2D eigenvalue weighted by molar-refractivity contribution is 6.73. The van der Waals surface area contributed by atoms with Crippen molar-refractivity contribution in [3.05, 3.63) is 0 Å². The maximum Gasteiger partial charge on any atom is 0.192 e. The lowest BCUT2D eigenvalue weighted by Crippen LogP contribution is -2.36. The van der Waals surface area contributed by atoms with E-state index >= 15 is 0 Å². The van der Waals surface area contributed by atoms with Gasteiger partial charge in [0, 0.05) is 7.11 Å². The summed E-state index contributed by atoms with van der Waals surface area (Å²) in [5.41, 5.74) is 0. The van der Waals surface area contributed by atoms with Crippen molar-refractivity contribution in [1.29, 1.82) is 0 Å². The molecule has 0 N–H and O–H groups in total. The zero-order valence-electron chi connectivity index (χ0n) is 9.15. The van der Waals surface area contributed by atoms with Crippen LogP contribution in [0.5, 0.6) is 0 Å². The van der Waals surface area contributed by atoms with Crippen molar-refractivity contribution in [3.8, 4) is 0 Å². The van der Waals surface area contributed by atoms with Crippen LogP contribution < -0.4 is 0 Å². The zero-order chi connectivity index (χ0) is 9.45. The molecule has 12 heavy (non-hydrogen) atoms. The SMILES string of the molecule is CCC[Si](CCC)(CCC)OC. The monoisotopic (exact) mass is 188 g/mol. The maximum atomic E-state index is 5.80. The lowest BCUT2D eigenvalue weighted by atomic mass is 10.6. The number of hydrogen-bond donors (Lipinski definition) is 0. The Hall–Kier alpha value is 0.177. The number of hydrogen-bond acceptors (Lipinski definition) is 1. The van der Waals surface area contributed by atoms with Gasteiger partial charge in [-0.25, -0.2) is 0 Å². The molecule has 2 heteroatoms. The van der Waals surface area contributed by atoms with Gasteiger partial charge in [0.15, 0.2) is 8.32 Å².